The maximum absolute atomic E-state index is 12.4. The van der Waals surface area contributed by atoms with E-state index in [2.05, 4.69) is 5.32 Å². The van der Waals surface area contributed by atoms with Crippen molar-refractivity contribution in [3.05, 3.63) is 52.4 Å². The third-order valence-electron chi connectivity index (χ3n) is 4.29. The summed E-state index contributed by atoms with van der Waals surface area (Å²) in [7, 11) is 0. The molecule has 0 aliphatic carbocycles. The second-order valence-electron chi connectivity index (χ2n) is 7.79. The maximum atomic E-state index is 12.4. The molecule has 152 valence electrons. The molecule has 3 aromatic rings. The van der Waals surface area contributed by atoms with E-state index in [0.29, 0.717) is 16.5 Å². The molecule has 0 fully saturated rings. The van der Waals surface area contributed by atoms with Crippen LogP contribution in [0.2, 0.25) is 0 Å². The Labute approximate surface area is 167 Å². The number of benzene rings is 2. The average Bonchev–Trinajstić information content (AvgIpc) is 2.63. The number of rotatable bonds is 3. The van der Waals surface area contributed by atoms with Crippen LogP contribution in [0.5, 0.6) is 5.75 Å². The van der Waals surface area contributed by atoms with E-state index in [9.17, 15) is 14.4 Å². The Morgan fingerprint density at radius 2 is 1.69 bits per heavy atom. The number of hydrogen-bond acceptors (Lipinski definition) is 6. The summed E-state index contributed by atoms with van der Waals surface area (Å²) in [4.78, 5) is 36.5. The topological polar surface area (TPSA) is 94.8 Å². The maximum Gasteiger partial charge on any atom is 0.408 e. The summed E-state index contributed by atoms with van der Waals surface area (Å²) in [6, 6.07) is 9.61. The molecule has 0 bridgehead atoms. The van der Waals surface area contributed by atoms with Crippen LogP contribution in [0.15, 0.2) is 45.6 Å². The molecule has 2 aromatic carbocycles. The number of ether oxygens (including phenoxy) is 2. The zero-order chi connectivity index (χ0) is 21.3. The van der Waals surface area contributed by atoms with Gasteiger partial charge in [-0.25, -0.2) is 14.4 Å². The second kappa shape index (κ2) is 7.58. The number of nitrogens with one attached hydrogen (secondary N) is 1. The number of hydrogen-bond donors (Lipinski definition) is 1. The first-order valence-corrected chi connectivity index (χ1v) is 9.23. The van der Waals surface area contributed by atoms with Crippen LogP contribution < -0.4 is 15.7 Å². The van der Waals surface area contributed by atoms with Gasteiger partial charge in [0.05, 0.1) is 5.39 Å². The van der Waals surface area contributed by atoms with Crippen LogP contribution in [-0.2, 0) is 9.53 Å². The van der Waals surface area contributed by atoms with Crippen LogP contribution in [0.25, 0.3) is 21.7 Å². The molecule has 0 saturated carbocycles. The Morgan fingerprint density at radius 3 is 2.34 bits per heavy atom. The Hall–Kier alpha value is -3.35. The Balaban J connectivity index is 1.86. The molecule has 0 radical (unpaired) electrons. The standard InChI is InChI=1S/C22H23NO6/c1-12-17(27-19(24)13(2)23-21(26)29-22(3,4)5)11-10-15-14-8-6-7-9-16(14)20(25)28-18(12)15/h6-11,13H,1-5H3,(H,23,26)/t13-/m0/s1. The highest BCUT2D eigenvalue weighted by Crippen LogP contribution is 2.31. The van der Waals surface area contributed by atoms with Crippen molar-refractivity contribution < 1.29 is 23.5 Å². The number of fused-ring (bicyclic) bond motifs is 3. The van der Waals surface area contributed by atoms with Gasteiger partial charge in [-0.05, 0) is 58.2 Å². The molecule has 3 rings (SSSR count). The average molecular weight is 397 g/mol. The van der Waals surface area contributed by atoms with Gasteiger partial charge in [-0.3, -0.25) is 0 Å². The Bertz CT molecular complexity index is 1160. The molecule has 0 aliphatic heterocycles. The minimum Gasteiger partial charge on any atom is -0.444 e. The summed E-state index contributed by atoms with van der Waals surface area (Å²) in [5.74, 6) is -0.416. The van der Waals surface area contributed by atoms with Gasteiger partial charge in [0.15, 0.2) is 0 Å². The molecule has 0 aliphatic rings. The molecule has 7 heteroatoms. The van der Waals surface area contributed by atoms with E-state index in [1.54, 1.807) is 52.0 Å². The molecule has 1 heterocycles. The minimum atomic E-state index is -0.927. The fourth-order valence-corrected chi connectivity index (χ4v) is 2.91. The molecular weight excluding hydrogens is 374 g/mol. The minimum absolute atomic E-state index is 0.249. The number of carbonyl (C=O) groups is 2. The highest BCUT2D eigenvalue weighted by molar-refractivity contribution is 6.05. The summed E-state index contributed by atoms with van der Waals surface area (Å²) in [6.07, 6.45) is -0.713. The Kier molecular flexibility index (Phi) is 5.33. The van der Waals surface area contributed by atoms with Crippen LogP contribution in [0.4, 0.5) is 4.79 Å². The summed E-state index contributed by atoms with van der Waals surface area (Å²) in [5.41, 5.74) is -0.266. The van der Waals surface area contributed by atoms with E-state index >= 15 is 0 Å². The molecule has 7 nitrogen and oxygen atoms in total. The van der Waals surface area contributed by atoms with Crippen molar-refractivity contribution >= 4 is 33.8 Å². The largest absolute Gasteiger partial charge is 0.444 e. The summed E-state index contributed by atoms with van der Waals surface area (Å²) >= 11 is 0. The molecule has 1 amide bonds. The first kappa shape index (κ1) is 20.4. The van der Waals surface area contributed by atoms with Crippen LogP contribution in [0.3, 0.4) is 0 Å². The molecule has 0 unspecified atom stereocenters. The van der Waals surface area contributed by atoms with Gasteiger partial charge >= 0.3 is 17.7 Å². The summed E-state index contributed by atoms with van der Waals surface area (Å²) < 4.78 is 16.0. The zero-order valence-electron chi connectivity index (χ0n) is 17.0. The fourth-order valence-electron chi connectivity index (χ4n) is 2.91. The number of aryl methyl sites for hydroxylation is 1. The number of carbonyl (C=O) groups excluding carboxylic acids is 2. The van der Waals surface area contributed by atoms with Gasteiger partial charge in [0.1, 0.15) is 23.0 Å². The fraction of sp³-hybridized carbons (Fsp3) is 0.318. The summed E-state index contributed by atoms with van der Waals surface area (Å²) in [6.45, 7) is 8.38. The lowest BCUT2D eigenvalue weighted by atomic mass is 10.0. The quantitative estimate of drug-likeness (QED) is 0.310. The monoisotopic (exact) mass is 397 g/mol. The smallest absolute Gasteiger partial charge is 0.408 e. The van der Waals surface area contributed by atoms with Crippen molar-refractivity contribution in [2.75, 3.05) is 0 Å². The normalized spacial score (nSPS) is 12.6. The molecule has 1 N–H and O–H groups in total. The first-order valence-electron chi connectivity index (χ1n) is 9.23. The van der Waals surface area contributed by atoms with E-state index in [0.717, 1.165) is 10.8 Å². The molecule has 0 spiro atoms. The third-order valence-corrected chi connectivity index (χ3v) is 4.29. The van der Waals surface area contributed by atoms with Crippen molar-refractivity contribution in [1.82, 2.24) is 5.32 Å². The van der Waals surface area contributed by atoms with Gasteiger partial charge in [0, 0.05) is 10.9 Å². The van der Waals surface area contributed by atoms with Crippen molar-refractivity contribution in [2.24, 2.45) is 0 Å². The van der Waals surface area contributed by atoms with E-state index < -0.39 is 29.3 Å². The Morgan fingerprint density at radius 1 is 1.03 bits per heavy atom. The number of esters is 1. The van der Waals surface area contributed by atoms with Crippen molar-refractivity contribution in [2.45, 2.75) is 46.3 Å². The van der Waals surface area contributed by atoms with E-state index in [1.807, 2.05) is 12.1 Å². The lowest BCUT2D eigenvalue weighted by molar-refractivity contribution is -0.136. The van der Waals surface area contributed by atoms with Gasteiger partial charge < -0.3 is 19.2 Å². The number of amides is 1. The third kappa shape index (κ3) is 4.39. The van der Waals surface area contributed by atoms with E-state index in [4.69, 9.17) is 13.9 Å². The number of alkyl carbamates (subject to hydrolysis) is 1. The van der Waals surface area contributed by atoms with Crippen molar-refractivity contribution in [3.63, 3.8) is 0 Å². The predicted octanol–water partition coefficient (Wildman–Crippen LogP) is 4.07. The van der Waals surface area contributed by atoms with E-state index in [-0.39, 0.29) is 5.75 Å². The van der Waals surface area contributed by atoms with Gasteiger partial charge in [-0.15, -0.1) is 0 Å². The molecular formula is C22H23NO6. The van der Waals surface area contributed by atoms with Gasteiger partial charge in [-0.1, -0.05) is 18.2 Å². The van der Waals surface area contributed by atoms with Crippen LogP contribution in [-0.4, -0.2) is 23.7 Å². The molecule has 1 aromatic heterocycles. The van der Waals surface area contributed by atoms with Crippen LogP contribution in [0.1, 0.15) is 33.3 Å². The zero-order valence-corrected chi connectivity index (χ0v) is 17.0. The highest BCUT2D eigenvalue weighted by Gasteiger charge is 2.23. The van der Waals surface area contributed by atoms with Gasteiger partial charge in [-0.2, -0.15) is 0 Å². The molecule has 29 heavy (non-hydrogen) atoms. The lowest BCUT2D eigenvalue weighted by Gasteiger charge is -2.21. The SMILES string of the molecule is Cc1c(OC(=O)[C@H](C)NC(=O)OC(C)(C)C)ccc2c1oc(=O)c1ccccc12. The van der Waals surface area contributed by atoms with Crippen molar-refractivity contribution in [1.29, 1.82) is 0 Å². The highest BCUT2D eigenvalue weighted by atomic mass is 16.6. The lowest BCUT2D eigenvalue weighted by Crippen LogP contribution is -2.43. The molecule has 0 saturated heterocycles. The predicted molar refractivity (Wildman–Crippen MR) is 109 cm³/mol. The van der Waals surface area contributed by atoms with Crippen LogP contribution in [0, 0.1) is 6.92 Å². The van der Waals surface area contributed by atoms with Gasteiger partial charge in [0.2, 0.25) is 0 Å². The van der Waals surface area contributed by atoms with Crippen LogP contribution >= 0.6 is 0 Å². The summed E-state index contributed by atoms with van der Waals surface area (Å²) in [5, 5.41) is 4.43. The molecule has 1 atom stereocenters. The van der Waals surface area contributed by atoms with Crippen molar-refractivity contribution in [3.8, 4) is 5.75 Å². The van der Waals surface area contributed by atoms with Gasteiger partial charge in [0.25, 0.3) is 0 Å². The first-order chi connectivity index (χ1) is 13.6. The second-order valence-corrected chi connectivity index (χ2v) is 7.79. The van der Waals surface area contributed by atoms with E-state index in [1.165, 1.54) is 6.92 Å².